The van der Waals surface area contributed by atoms with E-state index in [2.05, 4.69) is 13.8 Å². The molecular formula is C28H56O. The van der Waals surface area contributed by atoms with Crippen molar-refractivity contribution >= 4 is 0 Å². The number of allylic oxidation sites excluding steroid dienone is 1. The fourth-order valence-electron chi connectivity index (χ4n) is 4.29. The van der Waals surface area contributed by atoms with Crippen molar-refractivity contribution in [3.05, 3.63) is 11.8 Å². The topological polar surface area (TPSA) is 20.2 Å². The van der Waals surface area contributed by atoms with Crippen molar-refractivity contribution < 1.29 is 5.11 Å². The normalized spacial score (nSPS) is 12.0. The van der Waals surface area contributed by atoms with Crippen LogP contribution in [0.4, 0.5) is 0 Å². The largest absolute Gasteiger partial charge is 0.516 e. The molecule has 0 amide bonds. The molecule has 0 saturated heterocycles. The first-order chi connectivity index (χ1) is 14.3. The van der Waals surface area contributed by atoms with E-state index in [9.17, 15) is 0 Å². The Hall–Kier alpha value is -0.460. The third-order valence-corrected chi connectivity index (χ3v) is 6.49. The van der Waals surface area contributed by atoms with Crippen LogP contribution in [0.3, 0.4) is 0 Å². The van der Waals surface area contributed by atoms with Crippen molar-refractivity contribution in [3.8, 4) is 0 Å². The fraction of sp³-hybridized carbons (Fsp3) is 0.929. The van der Waals surface area contributed by atoms with E-state index >= 15 is 0 Å². The van der Waals surface area contributed by atoms with Gasteiger partial charge in [-0.2, -0.15) is 0 Å². The molecule has 0 aromatic heterocycles. The van der Waals surface area contributed by atoms with E-state index in [1.54, 1.807) is 0 Å². The highest BCUT2D eigenvalue weighted by Gasteiger charge is 1.97. The molecule has 0 spiro atoms. The lowest BCUT2D eigenvalue weighted by atomic mass is 10.0. The van der Waals surface area contributed by atoms with Gasteiger partial charge in [0.05, 0.1) is 6.26 Å². The summed E-state index contributed by atoms with van der Waals surface area (Å²) in [7, 11) is 0. The van der Waals surface area contributed by atoms with Gasteiger partial charge in [0.1, 0.15) is 0 Å². The molecule has 1 heteroatoms. The molecular weight excluding hydrogens is 352 g/mol. The number of hydrogen-bond acceptors (Lipinski definition) is 1. The van der Waals surface area contributed by atoms with E-state index in [0.717, 1.165) is 12.8 Å². The summed E-state index contributed by atoms with van der Waals surface area (Å²) >= 11 is 0. The quantitative estimate of drug-likeness (QED) is 0.124. The SMILES string of the molecule is CCCCCCCCCCCCCCCCCCCCCCCC/C(=C\O)CC. The molecule has 0 atom stereocenters. The first-order valence-electron chi connectivity index (χ1n) is 13.7. The van der Waals surface area contributed by atoms with Crippen LogP contribution in [0.1, 0.15) is 168 Å². The summed E-state index contributed by atoms with van der Waals surface area (Å²) in [6.07, 6.45) is 35.0. The average Bonchev–Trinajstić information content (AvgIpc) is 2.74. The van der Waals surface area contributed by atoms with Gasteiger partial charge in [0, 0.05) is 0 Å². The molecule has 0 aliphatic carbocycles. The summed E-state index contributed by atoms with van der Waals surface area (Å²) in [5.41, 5.74) is 1.21. The molecule has 0 radical (unpaired) electrons. The third kappa shape index (κ3) is 23.7. The summed E-state index contributed by atoms with van der Waals surface area (Å²) in [6, 6.07) is 0. The second kappa shape index (κ2) is 25.6. The van der Waals surface area contributed by atoms with E-state index < -0.39 is 0 Å². The second-order valence-electron chi connectivity index (χ2n) is 9.32. The van der Waals surface area contributed by atoms with E-state index in [0.29, 0.717) is 0 Å². The predicted molar refractivity (Wildman–Crippen MR) is 133 cm³/mol. The summed E-state index contributed by atoms with van der Waals surface area (Å²) in [6.45, 7) is 4.42. The second-order valence-corrected chi connectivity index (χ2v) is 9.32. The van der Waals surface area contributed by atoms with Crippen LogP contribution >= 0.6 is 0 Å². The Bertz CT molecular complexity index is 320. The number of hydrogen-bond donors (Lipinski definition) is 1. The Morgan fingerprint density at radius 1 is 0.448 bits per heavy atom. The van der Waals surface area contributed by atoms with Gasteiger partial charge in [-0.1, -0.05) is 149 Å². The average molecular weight is 409 g/mol. The van der Waals surface area contributed by atoms with Crippen molar-refractivity contribution in [2.45, 2.75) is 168 Å². The van der Waals surface area contributed by atoms with Crippen molar-refractivity contribution in [2.75, 3.05) is 0 Å². The zero-order chi connectivity index (χ0) is 21.3. The van der Waals surface area contributed by atoms with Crippen LogP contribution in [0.15, 0.2) is 11.8 Å². The number of aliphatic hydroxyl groups is 1. The van der Waals surface area contributed by atoms with Gasteiger partial charge in [0.25, 0.3) is 0 Å². The van der Waals surface area contributed by atoms with Crippen LogP contribution in [0, 0.1) is 0 Å². The van der Waals surface area contributed by atoms with E-state index in [4.69, 9.17) is 5.11 Å². The summed E-state index contributed by atoms with van der Waals surface area (Å²) in [4.78, 5) is 0. The fourth-order valence-corrected chi connectivity index (χ4v) is 4.29. The Balaban J connectivity index is 3.05. The lowest BCUT2D eigenvalue weighted by molar-refractivity contribution is 0.459. The maximum atomic E-state index is 9.04. The molecule has 1 nitrogen and oxygen atoms in total. The van der Waals surface area contributed by atoms with Gasteiger partial charge in [0.2, 0.25) is 0 Å². The number of aliphatic hydroxyl groups excluding tert-OH is 1. The predicted octanol–water partition coefficient (Wildman–Crippen LogP) is 10.8. The van der Waals surface area contributed by atoms with Crippen molar-refractivity contribution in [2.24, 2.45) is 0 Å². The summed E-state index contributed by atoms with van der Waals surface area (Å²) < 4.78 is 0. The van der Waals surface area contributed by atoms with Gasteiger partial charge in [-0.3, -0.25) is 0 Å². The monoisotopic (exact) mass is 408 g/mol. The Morgan fingerprint density at radius 3 is 0.966 bits per heavy atom. The lowest BCUT2D eigenvalue weighted by Crippen LogP contribution is -1.85. The first-order valence-corrected chi connectivity index (χ1v) is 13.7. The minimum Gasteiger partial charge on any atom is -0.516 e. The molecule has 0 saturated carbocycles. The minimum absolute atomic E-state index is 0.996. The van der Waals surface area contributed by atoms with Gasteiger partial charge < -0.3 is 5.11 Å². The molecule has 0 heterocycles. The molecule has 29 heavy (non-hydrogen) atoms. The molecule has 0 aliphatic heterocycles. The van der Waals surface area contributed by atoms with E-state index in [1.807, 2.05) is 0 Å². The van der Waals surface area contributed by atoms with Crippen LogP contribution in [0.2, 0.25) is 0 Å². The van der Waals surface area contributed by atoms with Gasteiger partial charge in [-0.05, 0) is 24.8 Å². The molecule has 1 N–H and O–H groups in total. The zero-order valence-electron chi connectivity index (χ0n) is 20.5. The smallest absolute Gasteiger partial charge is 0.0783 e. The summed E-state index contributed by atoms with van der Waals surface area (Å²) in [5.74, 6) is 0. The molecule has 0 aliphatic rings. The molecule has 0 aromatic rings. The number of rotatable bonds is 24. The molecule has 0 unspecified atom stereocenters. The Kier molecular flexibility index (Phi) is 25.2. The van der Waals surface area contributed by atoms with Gasteiger partial charge in [-0.25, -0.2) is 0 Å². The third-order valence-electron chi connectivity index (χ3n) is 6.49. The minimum atomic E-state index is 0.996. The van der Waals surface area contributed by atoms with Crippen molar-refractivity contribution in [3.63, 3.8) is 0 Å². The maximum Gasteiger partial charge on any atom is 0.0783 e. The van der Waals surface area contributed by atoms with Crippen LogP contribution in [0.25, 0.3) is 0 Å². The van der Waals surface area contributed by atoms with Gasteiger partial charge in [-0.15, -0.1) is 0 Å². The van der Waals surface area contributed by atoms with Crippen LogP contribution in [-0.2, 0) is 0 Å². The first kappa shape index (κ1) is 28.5. The van der Waals surface area contributed by atoms with Crippen molar-refractivity contribution in [1.82, 2.24) is 0 Å². The highest BCUT2D eigenvalue weighted by atomic mass is 16.2. The molecule has 0 bridgehead atoms. The molecule has 0 aromatic carbocycles. The van der Waals surface area contributed by atoms with Crippen LogP contribution in [0.5, 0.6) is 0 Å². The molecule has 0 rings (SSSR count). The van der Waals surface area contributed by atoms with Crippen LogP contribution in [-0.4, -0.2) is 5.11 Å². The lowest BCUT2D eigenvalue weighted by Gasteiger charge is -2.05. The van der Waals surface area contributed by atoms with Crippen LogP contribution < -0.4 is 0 Å². The standard InChI is InChI=1S/C28H56O/c1-3-5-6-7-8-9-10-11-12-13-14-15-16-17-18-19-20-21-22-23-24-25-26-28(4-2)27-29/h27,29H,3-26H2,1-2H3/b28-27-. The van der Waals surface area contributed by atoms with E-state index in [-0.39, 0.29) is 0 Å². The zero-order valence-corrected chi connectivity index (χ0v) is 20.5. The van der Waals surface area contributed by atoms with Gasteiger partial charge in [0.15, 0.2) is 0 Å². The maximum absolute atomic E-state index is 9.04. The highest BCUT2D eigenvalue weighted by Crippen LogP contribution is 2.16. The Labute approximate surface area is 185 Å². The molecule has 0 fully saturated rings. The van der Waals surface area contributed by atoms with E-state index in [1.165, 1.54) is 153 Å². The summed E-state index contributed by atoms with van der Waals surface area (Å²) in [5, 5.41) is 9.04. The number of unbranched alkanes of at least 4 members (excludes halogenated alkanes) is 21. The highest BCUT2D eigenvalue weighted by molar-refractivity contribution is 4.95. The van der Waals surface area contributed by atoms with Gasteiger partial charge >= 0.3 is 0 Å². The molecule has 174 valence electrons. The van der Waals surface area contributed by atoms with Crippen molar-refractivity contribution in [1.29, 1.82) is 0 Å². The Morgan fingerprint density at radius 2 is 0.724 bits per heavy atom.